The summed E-state index contributed by atoms with van der Waals surface area (Å²) in [4.78, 5) is 12.9. The first-order chi connectivity index (χ1) is 20.4. The van der Waals surface area contributed by atoms with Gasteiger partial charge in [0.25, 0.3) is 10.0 Å². The molecule has 3 atom stereocenters. The minimum Gasteiger partial charge on any atom is -0.409 e. The quantitative estimate of drug-likeness (QED) is 0.162. The Morgan fingerprint density at radius 2 is 1.86 bits per heavy atom. The molecule has 9 nitrogen and oxygen atoms in total. The van der Waals surface area contributed by atoms with Crippen molar-refractivity contribution in [2.75, 3.05) is 5.32 Å². The molecule has 0 saturated heterocycles. The fourth-order valence-electron chi connectivity index (χ4n) is 5.45. The number of benzene rings is 1. The normalized spacial score (nSPS) is 21.5. The first-order valence-electron chi connectivity index (χ1n) is 14.6. The number of hydrogen-bond acceptors (Lipinski definition) is 8. The van der Waals surface area contributed by atoms with Crippen LogP contribution >= 0.6 is 11.6 Å². The maximum absolute atomic E-state index is 15.2. The van der Waals surface area contributed by atoms with Gasteiger partial charge >= 0.3 is 0 Å². The number of aryl methyl sites for hydroxylation is 1. The predicted octanol–water partition coefficient (Wildman–Crippen LogP) is 6.94. The minimum atomic E-state index is -4.02. The molecule has 236 valence electrons. The number of nitrogens with zero attached hydrogens (tertiary/aromatic N) is 4. The maximum Gasteiger partial charge on any atom is 0.268 e. The molecule has 1 fully saturated rings. The molecule has 0 radical (unpaired) electrons. The van der Waals surface area contributed by atoms with E-state index in [0.717, 1.165) is 22.2 Å². The second kappa shape index (κ2) is 11.5. The van der Waals surface area contributed by atoms with Crippen molar-refractivity contribution in [1.82, 2.24) is 18.9 Å². The van der Waals surface area contributed by atoms with Crippen LogP contribution < -0.4 is 5.32 Å². The lowest BCUT2D eigenvalue weighted by Gasteiger charge is -2.50. The van der Waals surface area contributed by atoms with Crippen molar-refractivity contribution in [3.8, 4) is 11.4 Å². The number of aliphatic hydroxyl groups is 1. The van der Waals surface area contributed by atoms with Gasteiger partial charge in [-0.15, -0.1) is 0 Å². The van der Waals surface area contributed by atoms with E-state index in [1.54, 1.807) is 12.1 Å². The van der Waals surface area contributed by atoms with E-state index >= 15 is 4.39 Å². The predicted molar refractivity (Wildman–Crippen MR) is 173 cm³/mol. The number of rotatable bonds is 7. The first kappa shape index (κ1) is 32.5. The van der Waals surface area contributed by atoms with E-state index < -0.39 is 41.9 Å². The van der Waals surface area contributed by atoms with Crippen molar-refractivity contribution in [3.05, 3.63) is 65.5 Å². The third-order valence-electron chi connectivity index (χ3n) is 9.00. The summed E-state index contributed by atoms with van der Waals surface area (Å²) < 4.78 is 50.4. The molecular formula is C31H39ClFN5O4SSi. The van der Waals surface area contributed by atoms with Crippen LogP contribution in [0.3, 0.4) is 0 Å². The highest BCUT2D eigenvalue weighted by Gasteiger charge is 2.49. The summed E-state index contributed by atoms with van der Waals surface area (Å²) in [5.41, 5.74) is 0.712. The zero-order valence-electron chi connectivity index (χ0n) is 26.0. The fraction of sp³-hybridized carbons (Fsp3) is 0.452. The Bertz CT molecular complexity index is 1810. The first-order valence-corrected chi connectivity index (χ1v) is 19.3. The largest absolute Gasteiger partial charge is 0.409 e. The Kier molecular flexibility index (Phi) is 8.47. The van der Waals surface area contributed by atoms with Gasteiger partial charge in [0, 0.05) is 17.1 Å². The molecule has 4 aromatic rings. The zero-order chi connectivity index (χ0) is 32.2. The van der Waals surface area contributed by atoms with Crippen LogP contribution in [-0.2, 0) is 14.4 Å². The lowest BCUT2D eigenvalue weighted by Crippen LogP contribution is -2.60. The maximum atomic E-state index is 15.2. The summed E-state index contributed by atoms with van der Waals surface area (Å²) in [6, 6.07) is 7.51. The number of fused-ring (bicyclic) bond motifs is 1. The highest BCUT2D eigenvalue weighted by Crippen LogP contribution is 2.43. The van der Waals surface area contributed by atoms with E-state index in [4.69, 9.17) is 16.0 Å². The van der Waals surface area contributed by atoms with Crippen LogP contribution in [0, 0.1) is 12.7 Å². The van der Waals surface area contributed by atoms with E-state index in [2.05, 4.69) is 54.1 Å². The van der Waals surface area contributed by atoms with E-state index in [1.165, 1.54) is 30.6 Å². The van der Waals surface area contributed by atoms with E-state index in [0.29, 0.717) is 23.8 Å². The van der Waals surface area contributed by atoms with E-state index in [1.807, 2.05) is 13.8 Å². The number of aliphatic hydroxyl groups excluding tert-OH is 1. The van der Waals surface area contributed by atoms with Gasteiger partial charge in [-0.25, -0.2) is 31.7 Å². The van der Waals surface area contributed by atoms with Crippen molar-refractivity contribution in [2.45, 2.75) is 94.7 Å². The van der Waals surface area contributed by atoms with Crippen LogP contribution in [0.15, 0.2) is 53.8 Å². The van der Waals surface area contributed by atoms with Crippen LogP contribution in [0.4, 0.5) is 10.2 Å². The smallest absolute Gasteiger partial charge is 0.268 e. The molecule has 0 aliphatic heterocycles. The summed E-state index contributed by atoms with van der Waals surface area (Å²) >= 11 is 6.22. The molecule has 1 aliphatic rings. The van der Waals surface area contributed by atoms with Gasteiger partial charge in [0.05, 0.1) is 34.4 Å². The van der Waals surface area contributed by atoms with Crippen LogP contribution in [0.5, 0.6) is 0 Å². The standard InChI is InChI=1S/C31H39ClFN5O4SSi/c1-19-10-12-20(13-11-19)43(40,41)38-18-22(21-15-26(32)34-17-25(21)38)28-35-16-23(33)29(37-28)36-24-9-8-14-31(5,27(24)39)42-44(6,7)30(2,3)4/h10-13,15-18,24,27,39H,8-9,14H2,1-7H3,(H,35,36,37)/t24?,27-,31-/m1/s1. The molecule has 5 rings (SSSR count). The highest BCUT2D eigenvalue weighted by atomic mass is 35.5. The summed E-state index contributed by atoms with van der Waals surface area (Å²) in [5, 5.41) is 15.2. The number of aromatic nitrogens is 4. The summed E-state index contributed by atoms with van der Waals surface area (Å²) in [6.07, 6.45) is 4.92. The van der Waals surface area contributed by atoms with E-state index in [9.17, 15) is 13.5 Å². The Morgan fingerprint density at radius 1 is 1.18 bits per heavy atom. The van der Waals surface area contributed by atoms with Gasteiger partial charge in [-0.3, -0.25) is 0 Å². The molecule has 0 amide bonds. The molecule has 1 aliphatic carbocycles. The molecule has 0 bridgehead atoms. The van der Waals surface area contributed by atoms with Crippen molar-refractivity contribution in [3.63, 3.8) is 0 Å². The number of hydrogen-bond donors (Lipinski definition) is 2. The second-order valence-corrected chi connectivity index (χ2v) is 20.3. The summed E-state index contributed by atoms with van der Waals surface area (Å²) in [6.45, 7) is 14.5. The number of halogens is 2. The van der Waals surface area contributed by atoms with Gasteiger partial charge in [0.2, 0.25) is 0 Å². The minimum absolute atomic E-state index is 0.0473. The van der Waals surface area contributed by atoms with Gasteiger partial charge in [-0.1, -0.05) is 50.1 Å². The third-order valence-corrected chi connectivity index (χ3v) is 15.5. The molecule has 1 saturated carbocycles. The van der Waals surface area contributed by atoms with Crippen molar-refractivity contribution in [1.29, 1.82) is 0 Å². The highest BCUT2D eigenvalue weighted by molar-refractivity contribution is 7.90. The molecule has 0 spiro atoms. The van der Waals surface area contributed by atoms with Gasteiger partial charge in [0.1, 0.15) is 11.3 Å². The van der Waals surface area contributed by atoms with Crippen LogP contribution in [0.2, 0.25) is 23.3 Å². The van der Waals surface area contributed by atoms with Crippen LogP contribution in [0.25, 0.3) is 22.3 Å². The Hall–Kier alpha value is -2.90. The lowest BCUT2D eigenvalue weighted by molar-refractivity contribution is -0.0820. The monoisotopic (exact) mass is 659 g/mol. The third kappa shape index (κ3) is 6.02. The summed E-state index contributed by atoms with van der Waals surface area (Å²) in [5.74, 6) is -0.711. The molecule has 3 aromatic heterocycles. The Balaban J connectivity index is 1.52. The average Bonchev–Trinajstić information content (AvgIpc) is 3.31. The molecular weight excluding hydrogens is 621 g/mol. The Morgan fingerprint density at radius 3 is 2.52 bits per heavy atom. The number of nitrogens with one attached hydrogen (secondary N) is 1. The van der Waals surface area contributed by atoms with Crippen LogP contribution in [-0.4, -0.2) is 58.5 Å². The van der Waals surface area contributed by atoms with Crippen molar-refractivity contribution in [2.24, 2.45) is 0 Å². The molecule has 1 unspecified atom stereocenters. The molecule has 44 heavy (non-hydrogen) atoms. The van der Waals surface area contributed by atoms with Gasteiger partial charge in [-0.2, -0.15) is 0 Å². The lowest BCUT2D eigenvalue weighted by atomic mass is 9.80. The molecule has 3 heterocycles. The van der Waals surface area contributed by atoms with E-state index in [-0.39, 0.29) is 32.2 Å². The fourth-order valence-corrected chi connectivity index (χ4v) is 8.66. The number of anilines is 1. The molecule has 13 heteroatoms. The molecule has 1 aromatic carbocycles. The average molecular weight is 660 g/mol. The van der Waals surface area contributed by atoms with Crippen LogP contribution in [0.1, 0.15) is 52.5 Å². The topological polar surface area (TPSA) is 119 Å². The summed E-state index contributed by atoms with van der Waals surface area (Å²) in [7, 11) is -6.24. The van der Waals surface area contributed by atoms with Gasteiger partial charge < -0.3 is 14.8 Å². The second-order valence-electron chi connectivity index (χ2n) is 13.3. The zero-order valence-corrected chi connectivity index (χ0v) is 28.6. The van der Waals surface area contributed by atoms with Gasteiger partial charge in [-0.05, 0) is 69.4 Å². The van der Waals surface area contributed by atoms with Gasteiger partial charge in [0.15, 0.2) is 25.8 Å². The SMILES string of the molecule is Cc1ccc(S(=O)(=O)n2cc(-c3ncc(F)c(NC4CCC[C@@](C)(O[Si](C)(C)C(C)(C)C)[C@@H]4O)n3)c3cc(Cl)ncc32)cc1. The van der Waals surface area contributed by atoms with Crippen molar-refractivity contribution < 1.29 is 22.3 Å². The van der Waals surface area contributed by atoms with Crippen molar-refractivity contribution >= 4 is 46.7 Å². The Labute approximate surface area is 264 Å². The molecule has 2 N–H and O–H groups in total. The number of pyridine rings is 1.